The van der Waals surface area contributed by atoms with Crippen LogP contribution in [-0.4, -0.2) is 17.7 Å². The molecule has 7 heteroatoms. The molecule has 2 aromatic rings. The van der Waals surface area contributed by atoms with Crippen LogP contribution in [0.3, 0.4) is 0 Å². The minimum atomic E-state index is -2.84. The predicted molar refractivity (Wildman–Crippen MR) is 69.3 cm³/mol. The molecule has 0 aliphatic rings. The lowest BCUT2D eigenvalue weighted by Gasteiger charge is -2.06. The average molecular weight is 297 g/mol. The van der Waals surface area contributed by atoms with Crippen molar-refractivity contribution in [3.63, 3.8) is 0 Å². The van der Waals surface area contributed by atoms with Gasteiger partial charge in [0.1, 0.15) is 11.5 Å². The van der Waals surface area contributed by atoms with E-state index in [0.717, 1.165) is 5.56 Å². The normalized spacial score (nSPS) is 10.8. The zero-order valence-corrected chi connectivity index (χ0v) is 10.9. The van der Waals surface area contributed by atoms with Crippen LogP contribution >= 0.6 is 0 Å². The van der Waals surface area contributed by atoms with Gasteiger partial charge in [0.05, 0.1) is 6.54 Å². The Morgan fingerprint density at radius 3 is 2.48 bits per heavy atom. The van der Waals surface area contributed by atoms with E-state index in [2.05, 4.69) is 10.1 Å². The number of benzene rings is 1. The molecule has 1 aromatic heterocycles. The highest BCUT2D eigenvalue weighted by Crippen LogP contribution is 2.15. The van der Waals surface area contributed by atoms with Crippen LogP contribution in [-0.2, 0) is 13.1 Å². The van der Waals surface area contributed by atoms with E-state index in [1.807, 2.05) is 0 Å². The highest BCUT2D eigenvalue weighted by molar-refractivity contribution is 5.84. The van der Waals surface area contributed by atoms with Gasteiger partial charge in [-0.1, -0.05) is 12.1 Å². The largest absolute Gasteiger partial charge is 0.475 e. The predicted octanol–water partition coefficient (Wildman–Crippen LogP) is 2.87. The van der Waals surface area contributed by atoms with Gasteiger partial charge in [0.2, 0.25) is 5.76 Å². The summed E-state index contributed by atoms with van der Waals surface area (Å²) in [6.07, 6.45) is 0. The van der Waals surface area contributed by atoms with Crippen molar-refractivity contribution in [2.45, 2.75) is 19.7 Å². The number of hydrogen-bond acceptors (Lipinski definition) is 4. The lowest BCUT2D eigenvalue weighted by atomic mass is 10.2. The van der Waals surface area contributed by atoms with Crippen molar-refractivity contribution in [2.24, 2.45) is 0 Å². The fraction of sp³-hybridized carbons (Fsp3) is 0.214. The van der Waals surface area contributed by atoms with E-state index in [4.69, 9.17) is 9.52 Å². The number of alkyl halides is 2. The van der Waals surface area contributed by atoms with E-state index in [-0.39, 0.29) is 11.5 Å². The number of aromatic carboxylic acids is 1. The Hall–Kier alpha value is -2.41. The smallest absolute Gasteiger partial charge is 0.387 e. The molecule has 0 saturated carbocycles. The highest BCUT2D eigenvalue weighted by Gasteiger charge is 2.08. The maximum absolute atomic E-state index is 12.0. The maximum atomic E-state index is 12.0. The molecule has 21 heavy (non-hydrogen) atoms. The standard InChI is InChI=1S/C14H13F2NO4/c15-14(16)21-10-3-1-9(2-4-10)7-17-8-11-5-6-12(20-11)13(18)19/h1-6,14,17H,7-8H2,(H,18,19). The molecular formula is C14H13F2NO4. The van der Waals surface area contributed by atoms with Gasteiger partial charge in [-0.2, -0.15) is 8.78 Å². The summed E-state index contributed by atoms with van der Waals surface area (Å²) in [4.78, 5) is 10.6. The van der Waals surface area contributed by atoms with E-state index >= 15 is 0 Å². The van der Waals surface area contributed by atoms with E-state index in [1.54, 1.807) is 18.2 Å². The zero-order valence-electron chi connectivity index (χ0n) is 10.9. The van der Waals surface area contributed by atoms with Gasteiger partial charge in [-0.05, 0) is 29.8 Å². The van der Waals surface area contributed by atoms with Crippen LogP contribution in [0.5, 0.6) is 5.75 Å². The molecule has 0 aliphatic carbocycles. The van der Waals surface area contributed by atoms with Crippen molar-refractivity contribution in [1.29, 1.82) is 0 Å². The Kier molecular flexibility index (Phi) is 4.89. The number of rotatable bonds is 7. The van der Waals surface area contributed by atoms with Gasteiger partial charge in [-0.25, -0.2) is 4.79 Å². The molecule has 1 aromatic carbocycles. The summed E-state index contributed by atoms with van der Waals surface area (Å²) in [5.41, 5.74) is 0.877. The second-order valence-electron chi connectivity index (χ2n) is 4.20. The topological polar surface area (TPSA) is 71.7 Å². The minimum absolute atomic E-state index is 0.103. The quantitative estimate of drug-likeness (QED) is 0.822. The molecular weight excluding hydrogens is 284 g/mol. The van der Waals surface area contributed by atoms with Crippen molar-refractivity contribution in [3.8, 4) is 5.75 Å². The molecule has 112 valence electrons. The van der Waals surface area contributed by atoms with Gasteiger partial charge < -0.3 is 19.6 Å². The average Bonchev–Trinajstić information content (AvgIpc) is 2.89. The van der Waals surface area contributed by atoms with Crippen molar-refractivity contribution < 1.29 is 27.8 Å². The van der Waals surface area contributed by atoms with Crippen molar-refractivity contribution in [3.05, 3.63) is 53.5 Å². The number of halogens is 2. The molecule has 1 heterocycles. The second kappa shape index (κ2) is 6.85. The minimum Gasteiger partial charge on any atom is -0.475 e. The van der Waals surface area contributed by atoms with Crippen molar-refractivity contribution in [2.75, 3.05) is 0 Å². The van der Waals surface area contributed by atoms with E-state index < -0.39 is 12.6 Å². The van der Waals surface area contributed by atoms with Crippen LogP contribution < -0.4 is 10.1 Å². The van der Waals surface area contributed by atoms with Crippen molar-refractivity contribution in [1.82, 2.24) is 5.32 Å². The van der Waals surface area contributed by atoms with Crippen LogP contribution in [0.4, 0.5) is 8.78 Å². The van der Waals surface area contributed by atoms with Gasteiger partial charge in [-0.15, -0.1) is 0 Å². The summed E-state index contributed by atoms with van der Waals surface area (Å²) in [5, 5.41) is 11.8. The van der Waals surface area contributed by atoms with E-state index in [9.17, 15) is 13.6 Å². The maximum Gasteiger partial charge on any atom is 0.387 e. The fourth-order valence-corrected chi connectivity index (χ4v) is 1.71. The highest BCUT2D eigenvalue weighted by atomic mass is 19.3. The fourth-order valence-electron chi connectivity index (χ4n) is 1.71. The van der Waals surface area contributed by atoms with Crippen LogP contribution in [0.15, 0.2) is 40.8 Å². The summed E-state index contributed by atoms with van der Waals surface area (Å²) in [6.45, 7) is -1.99. The number of carboxylic acid groups (broad SMARTS) is 1. The molecule has 0 fully saturated rings. The Morgan fingerprint density at radius 2 is 1.90 bits per heavy atom. The molecule has 0 unspecified atom stereocenters. The van der Waals surface area contributed by atoms with Crippen molar-refractivity contribution >= 4 is 5.97 Å². The van der Waals surface area contributed by atoms with Gasteiger partial charge >= 0.3 is 12.6 Å². The third-order valence-electron chi connectivity index (χ3n) is 2.65. The molecule has 0 saturated heterocycles. The van der Waals surface area contributed by atoms with Crippen LogP contribution in [0.1, 0.15) is 21.9 Å². The number of ether oxygens (including phenoxy) is 1. The summed E-state index contributed by atoms with van der Waals surface area (Å²) in [6, 6.07) is 9.20. The van der Waals surface area contributed by atoms with Crippen LogP contribution in [0, 0.1) is 0 Å². The van der Waals surface area contributed by atoms with Gasteiger partial charge in [0, 0.05) is 6.54 Å². The first kappa shape index (κ1) is 15.0. The molecule has 0 bridgehead atoms. The molecule has 5 nitrogen and oxygen atoms in total. The Morgan fingerprint density at radius 1 is 1.19 bits per heavy atom. The molecule has 2 rings (SSSR count). The summed E-state index contributed by atoms with van der Waals surface area (Å²) < 4.78 is 33.3. The third kappa shape index (κ3) is 4.57. The van der Waals surface area contributed by atoms with Crippen LogP contribution in [0.2, 0.25) is 0 Å². The Labute approximate surface area is 119 Å². The summed E-state index contributed by atoms with van der Waals surface area (Å²) >= 11 is 0. The molecule has 0 radical (unpaired) electrons. The number of carboxylic acids is 1. The summed E-state index contributed by atoms with van der Waals surface area (Å²) in [7, 11) is 0. The number of hydrogen-bond donors (Lipinski definition) is 2. The van der Waals surface area contributed by atoms with Gasteiger partial charge in [0.25, 0.3) is 0 Å². The monoisotopic (exact) mass is 297 g/mol. The lowest BCUT2D eigenvalue weighted by Crippen LogP contribution is -2.12. The number of nitrogens with one attached hydrogen (secondary N) is 1. The molecule has 0 spiro atoms. The van der Waals surface area contributed by atoms with E-state index in [0.29, 0.717) is 18.8 Å². The molecule has 0 aliphatic heterocycles. The Bertz CT molecular complexity index is 595. The first-order valence-corrected chi connectivity index (χ1v) is 6.11. The first-order chi connectivity index (χ1) is 10.0. The second-order valence-corrected chi connectivity index (χ2v) is 4.20. The van der Waals surface area contributed by atoms with Crippen LogP contribution in [0.25, 0.3) is 0 Å². The Balaban J connectivity index is 1.81. The first-order valence-electron chi connectivity index (χ1n) is 6.11. The van der Waals surface area contributed by atoms with Gasteiger partial charge in [-0.3, -0.25) is 0 Å². The molecule has 0 amide bonds. The number of furan rings is 1. The summed E-state index contributed by atoms with van der Waals surface area (Å²) in [5.74, 6) is -0.618. The van der Waals surface area contributed by atoms with Gasteiger partial charge in [0.15, 0.2) is 0 Å². The zero-order chi connectivity index (χ0) is 15.2. The lowest BCUT2D eigenvalue weighted by molar-refractivity contribution is -0.0498. The third-order valence-corrected chi connectivity index (χ3v) is 2.65. The number of carbonyl (C=O) groups is 1. The SMILES string of the molecule is O=C(O)c1ccc(CNCc2ccc(OC(F)F)cc2)o1. The van der Waals surface area contributed by atoms with E-state index in [1.165, 1.54) is 18.2 Å². The molecule has 2 N–H and O–H groups in total. The molecule has 0 atom stereocenters.